The zero-order valence-electron chi connectivity index (χ0n) is 11.2. The maximum atomic E-state index is 14.4. The summed E-state index contributed by atoms with van der Waals surface area (Å²) in [4.78, 5) is 15.3. The smallest absolute Gasteiger partial charge is 0.356 e. The Morgan fingerprint density at radius 3 is 2.86 bits per heavy atom. The Labute approximate surface area is 119 Å². The molecule has 0 fully saturated rings. The fraction of sp³-hybridized carbons (Fsp3) is 0.133. The van der Waals surface area contributed by atoms with Crippen molar-refractivity contribution in [1.82, 2.24) is 14.6 Å². The number of hydrogen-bond donors (Lipinski definition) is 1. The van der Waals surface area contributed by atoms with Gasteiger partial charge in [0.1, 0.15) is 5.82 Å². The molecule has 0 bridgehead atoms. The zero-order chi connectivity index (χ0) is 15.0. The van der Waals surface area contributed by atoms with E-state index in [1.165, 1.54) is 4.52 Å². The van der Waals surface area contributed by atoms with Crippen LogP contribution in [0.3, 0.4) is 0 Å². The number of hydrogen-bond acceptors (Lipinski definition) is 3. The highest BCUT2D eigenvalue weighted by Gasteiger charge is 2.17. The van der Waals surface area contributed by atoms with Crippen molar-refractivity contribution in [3.8, 4) is 11.4 Å². The standard InChI is InChI=1S/C15H12FN3O2/c1-2-9-5-3-6-10(12(9)16)14-17-13(15(20)21)11-7-4-8-19(11)18-14/h3-8H,2H2,1H3,(H,20,21). The third-order valence-corrected chi connectivity index (χ3v) is 3.29. The van der Waals surface area contributed by atoms with E-state index in [0.29, 0.717) is 17.5 Å². The molecule has 0 aliphatic rings. The van der Waals surface area contributed by atoms with E-state index in [-0.39, 0.29) is 17.1 Å². The van der Waals surface area contributed by atoms with Gasteiger partial charge in [-0.25, -0.2) is 18.7 Å². The number of aromatic carboxylic acids is 1. The molecular formula is C15H12FN3O2. The maximum absolute atomic E-state index is 14.4. The van der Waals surface area contributed by atoms with E-state index in [0.717, 1.165) is 0 Å². The fourth-order valence-corrected chi connectivity index (χ4v) is 2.23. The Morgan fingerprint density at radius 1 is 1.33 bits per heavy atom. The average molecular weight is 285 g/mol. The number of aryl methyl sites for hydroxylation is 1. The highest BCUT2D eigenvalue weighted by Crippen LogP contribution is 2.23. The number of halogens is 1. The van der Waals surface area contributed by atoms with Gasteiger partial charge in [-0.3, -0.25) is 0 Å². The van der Waals surface area contributed by atoms with Crippen LogP contribution < -0.4 is 0 Å². The first-order valence-corrected chi connectivity index (χ1v) is 6.48. The van der Waals surface area contributed by atoms with Crippen molar-refractivity contribution < 1.29 is 14.3 Å². The molecule has 2 heterocycles. The normalized spacial score (nSPS) is 11.0. The number of rotatable bonds is 3. The summed E-state index contributed by atoms with van der Waals surface area (Å²) in [5, 5.41) is 13.4. The Hall–Kier alpha value is -2.76. The van der Waals surface area contributed by atoms with Gasteiger partial charge in [0.25, 0.3) is 0 Å². The molecule has 0 aliphatic heterocycles. The van der Waals surface area contributed by atoms with E-state index in [2.05, 4.69) is 10.1 Å². The van der Waals surface area contributed by atoms with Crippen molar-refractivity contribution in [2.45, 2.75) is 13.3 Å². The molecule has 1 aromatic carbocycles. The van der Waals surface area contributed by atoms with Crippen molar-refractivity contribution >= 4 is 11.5 Å². The summed E-state index contributed by atoms with van der Waals surface area (Å²) in [6.45, 7) is 1.85. The second kappa shape index (κ2) is 4.97. The van der Waals surface area contributed by atoms with Crippen LogP contribution in [0.2, 0.25) is 0 Å². The predicted molar refractivity (Wildman–Crippen MR) is 74.7 cm³/mol. The first-order chi connectivity index (χ1) is 10.1. The lowest BCUT2D eigenvalue weighted by Crippen LogP contribution is -2.09. The van der Waals surface area contributed by atoms with Crippen LogP contribution in [0.15, 0.2) is 36.5 Å². The van der Waals surface area contributed by atoms with Crippen molar-refractivity contribution in [1.29, 1.82) is 0 Å². The Balaban J connectivity index is 2.28. The average Bonchev–Trinajstić information content (AvgIpc) is 2.94. The summed E-state index contributed by atoms with van der Waals surface area (Å²) in [6.07, 6.45) is 2.14. The van der Waals surface area contributed by atoms with E-state index < -0.39 is 11.8 Å². The minimum Gasteiger partial charge on any atom is -0.476 e. The molecule has 5 nitrogen and oxygen atoms in total. The monoisotopic (exact) mass is 285 g/mol. The van der Waals surface area contributed by atoms with Gasteiger partial charge in [0.2, 0.25) is 0 Å². The van der Waals surface area contributed by atoms with E-state index in [1.807, 2.05) is 6.92 Å². The zero-order valence-corrected chi connectivity index (χ0v) is 11.2. The van der Waals surface area contributed by atoms with Crippen LogP contribution in [0.1, 0.15) is 23.0 Å². The van der Waals surface area contributed by atoms with Crippen molar-refractivity contribution in [3.63, 3.8) is 0 Å². The third-order valence-electron chi connectivity index (χ3n) is 3.29. The second-order valence-corrected chi connectivity index (χ2v) is 4.56. The lowest BCUT2D eigenvalue weighted by Gasteiger charge is -2.07. The summed E-state index contributed by atoms with van der Waals surface area (Å²) >= 11 is 0. The van der Waals surface area contributed by atoms with Crippen LogP contribution >= 0.6 is 0 Å². The quantitative estimate of drug-likeness (QED) is 0.803. The van der Waals surface area contributed by atoms with Gasteiger partial charge in [-0.15, -0.1) is 5.10 Å². The number of carboxylic acids is 1. The van der Waals surface area contributed by atoms with Gasteiger partial charge in [0, 0.05) is 6.20 Å². The van der Waals surface area contributed by atoms with E-state index in [4.69, 9.17) is 0 Å². The molecule has 21 heavy (non-hydrogen) atoms. The number of aromatic nitrogens is 3. The molecule has 0 amide bonds. The molecule has 1 N–H and O–H groups in total. The van der Waals surface area contributed by atoms with Crippen LogP contribution in [-0.4, -0.2) is 25.7 Å². The Bertz CT molecular complexity index is 842. The van der Waals surface area contributed by atoms with Crippen LogP contribution in [0.25, 0.3) is 16.9 Å². The highest BCUT2D eigenvalue weighted by atomic mass is 19.1. The molecule has 3 rings (SSSR count). The van der Waals surface area contributed by atoms with E-state index >= 15 is 0 Å². The van der Waals surface area contributed by atoms with Gasteiger partial charge < -0.3 is 5.11 Å². The van der Waals surface area contributed by atoms with Crippen LogP contribution in [0.4, 0.5) is 4.39 Å². The molecule has 2 aromatic heterocycles. The molecule has 0 saturated carbocycles. The molecule has 106 valence electrons. The topological polar surface area (TPSA) is 67.5 Å². The number of nitrogens with zero attached hydrogens (tertiary/aromatic N) is 3. The van der Waals surface area contributed by atoms with Crippen molar-refractivity contribution in [3.05, 3.63) is 53.6 Å². The van der Waals surface area contributed by atoms with Crippen molar-refractivity contribution in [2.75, 3.05) is 0 Å². The summed E-state index contributed by atoms with van der Waals surface area (Å²) in [6, 6.07) is 8.21. The van der Waals surface area contributed by atoms with Gasteiger partial charge >= 0.3 is 5.97 Å². The minimum atomic E-state index is -1.17. The molecule has 3 aromatic rings. The summed E-state index contributed by atoms with van der Waals surface area (Å²) < 4.78 is 15.8. The Morgan fingerprint density at radius 2 is 2.14 bits per heavy atom. The molecule has 0 aliphatic carbocycles. The van der Waals surface area contributed by atoms with Crippen LogP contribution in [-0.2, 0) is 6.42 Å². The van der Waals surface area contributed by atoms with Gasteiger partial charge in [-0.2, -0.15) is 0 Å². The van der Waals surface area contributed by atoms with Gasteiger partial charge in [0.15, 0.2) is 11.5 Å². The summed E-state index contributed by atoms with van der Waals surface area (Å²) in [5.41, 5.74) is 0.970. The SMILES string of the molecule is CCc1cccc(-c2nc(C(=O)O)c3cccn3n2)c1F. The van der Waals surface area contributed by atoms with Gasteiger partial charge in [-0.05, 0) is 30.2 Å². The first kappa shape index (κ1) is 13.2. The number of carboxylic acid groups (broad SMARTS) is 1. The lowest BCUT2D eigenvalue weighted by atomic mass is 10.1. The molecule has 0 saturated heterocycles. The molecule has 0 radical (unpaired) electrons. The largest absolute Gasteiger partial charge is 0.476 e. The van der Waals surface area contributed by atoms with E-state index in [1.54, 1.807) is 36.5 Å². The number of benzene rings is 1. The summed E-state index contributed by atoms with van der Waals surface area (Å²) in [7, 11) is 0. The molecule has 6 heteroatoms. The highest BCUT2D eigenvalue weighted by molar-refractivity contribution is 5.93. The minimum absolute atomic E-state index is 0.0592. The molecular weight excluding hydrogens is 273 g/mol. The maximum Gasteiger partial charge on any atom is 0.356 e. The molecule has 0 unspecified atom stereocenters. The molecule has 0 spiro atoms. The first-order valence-electron chi connectivity index (χ1n) is 6.48. The summed E-state index contributed by atoms with van der Waals surface area (Å²) in [5.74, 6) is -1.53. The van der Waals surface area contributed by atoms with Crippen molar-refractivity contribution in [2.24, 2.45) is 0 Å². The van der Waals surface area contributed by atoms with Crippen LogP contribution in [0.5, 0.6) is 0 Å². The van der Waals surface area contributed by atoms with Gasteiger partial charge in [-0.1, -0.05) is 19.1 Å². The number of fused-ring (bicyclic) bond motifs is 1. The molecule has 0 atom stereocenters. The predicted octanol–water partition coefficient (Wildman–Crippen LogP) is 2.80. The Kier molecular flexibility index (Phi) is 3.13. The van der Waals surface area contributed by atoms with Gasteiger partial charge in [0.05, 0.1) is 11.1 Å². The van der Waals surface area contributed by atoms with Crippen LogP contribution in [0, 0.1) is 5.82 Å². The third kappa shape index (κ3) is 2.14. The lowest BCUT2D eigenvalue weighted by molar-refractivity contribution is 0.0692. The fourth-order valence-electron chi connectivity index (χ4n) is 2.23. The second-order valence-electron chi connectivity index (χ2n) is 4.56. The van der Waals surface area contributed by atoms with E-state index in [9.17, 15) is 14.3 Å². The number of carbonyl (C=O) groups is 1.